The summed E-state index contributed by atoms with van der Waals surface area (Å²) in [5, 5.41) is 75.1. The van der Waals surface area contributed by atoms with Crippen LogP contribution >= 0.6 is 11.8 Å². The molecule has 0 bridgehead atoms. The molecule has 0 heterocycles. The molecule has 1 unspecified atom stereocenters. The van der Waals surface area contributed by atoms with Crippen molar-refractivity contribution in [2.24, 2.45) is 17.6 Å². The minimum atomic E-state index is -2.99. The zero-order valence-electron chi connectivity index (χ0n) is 20.6. The number of nitrogens with two attached hydrogens (primary N) is 1. The molecule has 1 aromatic rings. The number of fused-ring (bicyclic) bond motifs is 3. The van der Waals surface area contributed by atoms with Crippen molar-refractivity contribution >= 4 is 35.0 Å². The normalized spacial score (nSPS) is 31.7. The second-order valence-corrected chi connectivity index (χ2v) is 11.1. The number of nitrogens with zero attached hydrogens (tertiary/aromatic N) is 1. The average Bonchev–Trinajstić information content (AvgIpc) is 2.84. The fourth-order valence-electron chi connectivity index (χ4n) is 5.98. The van der Waals surface area contributed by atoms with E-state index in [4.69, 9.17) is 10.8 Å². The third-order valence-electron chi connectivity index (χ3n) is 7.62. The number of amides is 1. The molecule has 38 heavy (non-hydrogen) atoms. The lowest BCUT2D eigenvalue weighted by molar-refractivity contribution is -0.169. The van der Waals surface area contributed by atoms with E-state index in [2.05, 4.69) is 0 Å². The van der Waals surface area contributed by atoms with Gasteiger partial charge >= 0.3 is 0 Å². The largest absolute Gasteiger partial charge is 0.508 e. The monoisotopic (exact) mass is 550 g/mol. The molecule has 3 aliphatic rings. The number of aliphatic hydroxyl groups excluding tert-OH is 5. The van der Waals surface area contributed by atoms with Gasteiger partial charge in [0.25, 0.3) is 5.91 Å². The number of likely N-dealkylation sites (N-methyl/N-ethyl adjacent to an activating group) is 1. The molecule has 0 aliphatic heterocycles. The maximum Gasteiger partial charge on any atom is 0.255 e. The van der Waals surface area contributed by atoms with Crippen LogP contribution in [-0.4, -0.2) is 114 Å². The molecule has 0 aromatic heterocycles. The number of primary amides is 1. The topological polar surface area (TPSA) is 222 Å². The van der Waals surface area contributed by atoms with E-state index < -0.39 is 88.3 Å². The van der Waals surface area contributed by atoms with Gasteiger partial charge in [-0.2, -0.15) is 11.8 Å². The zero-order valence-corrected chi connectivity index (χ0v) is 21.4. The Morgan fingerprint density at radius 2 is 1.87 bits per heavy atom. The Labute approximate surface area is 221 Å². The van der Waals surface area contributed by atoms with Gasteiger partial charge in [0.05, 0.1) is 36.3 Å². The van der Waals surface area contributed by atoms with Crippen LogP contribution in [0.25, 0.3) is 5.76 Å². The zero-order chi connectivity index (χ0) is 28.3. The number of benzene rings is 1. The minimum Gasteiger partial charge on any atom is -0.508 e. The highest BCUT2D eigenvalue weighted by Gasteiger charge is 2.68. The highest BCUT2D eigenvalue weighted by atomic mass is 32.2. The first-order chi connectivity index (χ1) is 17.8. The van der Waals surface area contributed by atoms with E-state index in [1.54, 1.807) is 6.07 Å². The molecule has 0 radical (unpaired) electrons. The van der Waals surface area contributed by atoms with Crippen LogP contribution in [0.4, 0.5) is 0 Å². The van der Waals surface area contributed by atoms with Crippen LogP contribution in [0.5, 0.6) is 5.75 Å². The number of ketones is 2. The summed E-state index contributed by atoms with van der Waals surface area (Å²) in [6.07, 6.45) is -2.76. The van der Waals surface area contributed by atoms with Gasteiger partial charge in [-0.15, -0.1) is 0 Å². The van der Waals surface area contributed by atoms with Crippen molar-refractivity contribution in [3.8, 4) is 5.75 Å². The lowest BCUT2D eigenvalue weighted by Crippen LogP contribution is -2.70. The molecule has 0 saturated heterocycles. The summed E-state index contributed by atoms with van der Waals surface area (Å²) in [6.45, 7) is -0.485. The SMILES string of the molecule is CN(C)[C@@H]1C(=O)C(C(N)=O)=C(O)[C@@]2(O)C(=O)C3=C(O)c4c(O)cccc4[C@H](CSCC(O)CO)[C@H]3[C@H](O)[C@@H]12. The van der Waals surface area contributed by atoms with Crippen LogP contribution in [0.15, 0.2) is 35.1 Å². The van der Waals surface area contributed by atoms with Gasteiger partial charge in [0.2, 0.25) is 5.78 Å². The lowest BCUT2D eigenvalue weighted by Gasteiger charge is -2.54. The summed E-state index contributed by atoms with van der Waals surface area (Å²) >= 11 is 1.19. The molecular weight excluding hydrogens is 520 g/mol. The van der Waals surface area contributed by atoms with Crippen molar-refractivity contribution in [1.82, 2.24) is 4.90 Å². The lowest BCUT2D eigenvalue weighted by atomic mass is 9.54. The number of phenols is 1. The minimum absolute atomic E-state index is 0.0978. The van der Waals surface area contributed by atoms with Crippen LogP contribution in [0, 0.1) is 11.8 Å². The Balaban J connectivity index is 1.97. The van der Waals surface area contributed by atoms with E-state index in [1.807, 2.05) is 0 Å². The molecule has 13 heteroatoms. The number of hydrogen-bond donors (Lipinski definition) is 8. The highest BCUT2D eigenvalue weighted by molar-refractivity contribution is 7.99. The van der Waals surface area contributed by atoms with E-state index >= 15 is 0 Å². The fraction of sp³-hybridized carbons (Fsp3) is 0.480. The predicted octanol–water partition coefficient (Wildman–Crippen LogP) is -1.44. The van der Waals surface area contributed by atoms with E-state index in [9.17, 15) is 45.0 Å². The Kier molecular flexibility index (Phi) is 7.38. The van der Waals surface area contributed by atoms with Gasteiger partial charge in [-0.1, -0.05) is 12.1 Å². The quantitative estimate of drug-likeness (QED) is 0.183. The Hall–Kier alpha value is -2.94. The van der Waals surface area contributed by atoms with Crippen LogP contribution < -0.4 is 5.73 Å². The molecule has 1 fully saturated rings. The van der Waals surface area contributed by atoms with Gasteiger partial charge in [0.15, 0.2) is 11.4 Å². The number of thioether (sulfide) groups is 1. The number of carbonyl (C=O) groups excluding carboxylic acids is 3. The number of phenolic OH excluding ortho intramolecular Hbond substituents is 1. The third-order valence-corrected chi connectivity index (χ3v) is 8.83. The standard InChI is InChI=1S/C25H30N2O10S/c1-27(2)18-17-20(32)14-11(8-38-7-9(29)6-28)10-4-3-5-12(30)13(10)19(31)15(14)22(34)25(17,37)23(35)16(21(18)33)24(26)36/h3-5,9,11,14,17-18,20,28-32,35,37H,6-8H2,1-2H3,(H2,26,36)/t9?,11-,14+,17+,18-,20-,25-/m0/s1. The van der Waals surface area contributed by atoms with Crippen LogP contribution in [0.2, 0.25) is 0 Å². The first kappa shape index (κ1) is 28.1. The van der Waals surface area contributed by atoms with Crippen LogP contribution in [-0.2, 0) is 14.4 Å². The maximum absolute atomic E-state index is 14.0. The number of rotatable bonds is 7. The predicted molar refractivity (Wildman–Crippen MR) is 135 cm³/mol. The number of Topliss-reactive ketones (excluding diaryl/α,β-unsaturated/α-hetero) is 2. The molecule has 7 atom stereocenters. The van der Waals surface area contributed by atoms with E-state index in [0.717, 1.165) is 0 Å². The Morgan fingerprint density at radius 3 is 2.45 bits per heavy atom. The Morgan fingerprint density at radius 1 is 1.21 bits per heavy atom. The van der Waals surface area contributed by atoms with Crippen LogP contribution in [0.3, 0.4) is 0 Å². The highest BCUT2D eigenvalue weighted by Crippen LogP contribution is 2.56. The summed E-state index contributed by atoms with van der Waals surface area (Å²) in [5.41, 5.74) is 1.12. The van der Waals surface area contributed by atoms with Crippen molar-refractivity contribution in [2.45, 2.75) is 29.8 Å². The number of carbonyl (C=O) groups is 3. The van der Waals surface area contributed by atoms with Crippen molar-refractivity contribution < 1.29 is 50.1 Å². The average molecular weight is 551 g/mol. The molecule has 3 aliphatic carbocycles. The van der Waals surface area contributed by atoms with Crippen molar-refractivity contribution in [1.29, 1.82) is 0 Å². The molecular formula is C25H30N2O10S. The molecule has 1 amide bonds. The number of hydrogen-bond acceptors (Lipinski definition) is 12. The second kappa shape index (κ2) is 9.98. The summed E-state index contributed by atoms with van der Waals surface area (Å²) in [5.74, 6) is -9.41. The van der Waals surface area contributed by atoms with E-state index in [-0.39, 0.29) is 22.8 Å². The van der Waals surface area contributed by atoms with Gasteiger partial charge in [-0.25, -0.2) is 0 Å². The van der Waals surface area contributed by atoms with Gasteiger partial charge < -0.3 is 41.5 Å². The first-order valence-electron chi connectivity index (χ1n) is 11.8. The van der Waals surface area contributed by atoms with E-state index in [1.165, 1.54) is 42.9 Å². The van der Waals surface area contributed by atoms with E-state index in [0.29, 0.717) is 5.56 Å². The smallest absolute Gasteiger partial charge is 0.255 e. The summed E-state index contributed by atoms with van der Waals surface area (Å²) in [7, 11) is 2.86. The van der Waals surface area contributed by atoms with Gasteiger partial charge in [-0.3, -0.25) is 19.3 Å². The van der Waals surface area contributed by atoms with Gasteiger partial charge in [-0.05, 0) is 25.7 Å². The molecule has 4 rings (SSSR count). The summed E-state index contributed by atoms with van der Waals surface area (Å²) < 4.78 is 0. The van der Waals surface area contributed by atoms with Crippen molar-refractivity contribution in [3.63, 3.8) is 0 Å². The summed E-state index contributed by atoms with van der Waals surface area (Å²) in [6, 6.07) is 2.93. The van der Waals surface area contributed by atoms with Gasteiger partial charge in [0, 0.05) is 28.9 Å². The molecule has 9 N–H and O–H groups in total. The summed E-state index contributed by atoms with van der Waals surface area (Å²) in [4.78, 5) is 40.6. The third kappa shape index (κ3) is 3.92. The van der Waals surface area contributed by atoms with Gasteiger partial charge in [0.1, 0.15) is 22.8 Å². The fourth-order valence-corrected chi connectivity index (χ4v) is 7.13. The van der Waals surface area contributed by atoms with Crippen molar-refractivity contribution in [3.05, 3.63) is 46.2 Å². The molecule has 1 aromatic carbocycles. The Bertz CT molecular complexity index is 1260. The number of aromatic hydroxyl groups is 1. The molecule has 0 spiro atoms. The maximum atomic E-state index is 14.0. The molecule has 12 nitrogen and oxygen atoms in total. The number of aliphatic hydroxyl groups is 6. The van der Waals surface area contributed by atoms with Crippen molar-refractivity contribution in [2.75, 3.05) is 32.2 Å². The molecule has 1 saturated carbocycles. The second-order valence-electron chi connectivity index (χ2n) is 9.98. The molecule has 206 valence electrons. The van der Waals surface area contributed by atoms with Crippen LogP contribution in [0.1, 0.15) is 17.0 Å². The first-order valence-corrected chi connectivity index (χ1v) is 13.0.